The Balaban J connectivity index is 1.03. The average molecular weight is 964 g/mol. The number of aromatic hydroxyl groups is 2. The van der Waals surface area contributed by atoms with Crippen LogP contribution in [0.1, 0.15) is 137 Å². The fraction of sp³-hybridized carbons (Fsp3) is 0.387. The topological polar surface area (TPSA) is 168 Å². The van der Waals surface area contributed by atoms with Crippen LogP contribution in [0.2, 0.25) is 0 Å². The van der Waals surface area contributed by atoms with Crippen molar-refractivity contribution in [2.24, 2.45) is 17.8 Å². The van der Waals surface area contributed by atoms with Crippen molar-refractivity contribution in [1.82, 2.24) is 9.97 Å². The Morgan fingerprint density at radius 3 is 2.50 bits per heavy atom. The highest BCUT2D eigenvalue weighted by molar-refractivity contribution is 6.05. The van der Waals surface area contributed by atoms with Gasteiger partial charge in [0.05, 0.1) is 18.1 Å². The Hall–Kier alpha value is -6.62. The fourth-order valence-electron chi connectivity index (χ4n) is 12.8. The summed E-state index contributed by atoms with van der Waals surface area (Å²) in [5.74, 6) is -1.11. The number of phenolic OH excluding ortho intramolecular Hbond substituents is 2. The molecule has 3 heterocycles. The zero-order valence-corrected chi connectivity index (χ0v) is 40.9. The molecule has 10 heteroatoms. The number of nitrogens with zero attached hydrogens (tertiary/aromatic N) is 2. The first-order valence-corrected chi connectivity index (χ1v) is 26.4. The van der Waals surface area contributed by atoms with Gasteiger partial charge in [0.25, 0.3) is 0 Å². The first kappa shape index (κ1) is 47.7. The lowest BCUT2D eigenvalue weighted by Crippen LogP contribution is -2.39. The molecule has 72 heavy (non-hydrogen) atoms. The molecule has 7 atom stereocenters. The van der Waals surface area contributed by atoms with Gasteiger partial charge in [-0.15, -0.1) is 5.69 Å². The number of aromatic amines is 1. The lowest BCUT2D eigenvalue weighted by Gasteiger charge is -2.41. The van der Waals surface area contributed by atoms with Crippen molar-refractivity contribution in [2.45, 2.75) is 126 Å². The molecule has 6 aromatic rings. The number of H-pyrrole nitrogens is 1. The van der Waals surface area contributed by atoms with E-state index in [0.717, 1.165) is 106 Å². The summed E-state index contributed by atoms with van der Waals surface area (Å²) in [7, 11) is 0. The highest BCUT2D eigenvalue weighted by Crippen LogP contribution is 2.52. The average Bonchev–Trinajstić information content (AvgIpc) is 4.14. The number of aromatic nitrogens is 2. The molecule has 0 radical (unpaired) electrons. The van der Waals surface area contributed by atoms with Gasteiger partial charge in [-0.1, -0.05) is 120 Å². The third-order valence-electron chi connectivity index (χ3n) is 16.5. The number of carbonyl (C=O) groups excluding carboxylic acids is 2. The summed E-state index contributed by atoms with van der Waals surface area (Å²) in [4.78, 5) is 39.1. The van der Waals surface area contributed by atoms with Crippen molar-refractivity contribution in [1.29, 1.82) is 0 Å². The lowest BCUT2D eigenvalue weighted by atomic mass is 9.66. The molecule has 372 valence electrons. The summed E-state index contributed by atoms with van der Waals surface area (Å²) in [5.41, 5.74) is 11.3. The van der Waals surface area contributed by atoms with E-state index < -0.39 is 24.0 Å². The van der Waals surface area contributed by atoms with Crippen LogP contribution in [0.15, 0.2) is 115 Å². The lowest BCUT2D eigenvalue weighted by molar-refractivity contribution is -0.135. The van der Waals surface area contributed by atoms with Crippen molar-refractivity contribution in [2.75, 3.05) is 6.61 Å². The Kier molecular flexibility index (Phi) is 13.8. The Labute approximate surface area is 422 Å². The van der Waals surface area contributed by atoms with E-state index in [1.165, 1.54) is 0 Å². The van der Waals surface area contributed by atoms with E-state index in [1.807, 2.05) is 73.1 Å². The SMILES string of the molecule is O=C1CCc2cc(c(O)c(OC3CCCC3)c2)Cc2ccc(C[C@H](O)Cc3ccccc3)c(c2)[C@@H]2CC[C@@H]([N-]c3[nH]ccc32)C2=Cc3[n-]ccc3[C@@H](C[C@@H]3C=Cc4c(O)cccc4CC3)[C@H]2C(=O)[C@H]1CCO. The first-order chi connectivity index (χ1) is 35.2. The van der Waals surface area contributed by atoms with Gasteiger partial charge in [-0.3, -0.25) is 9.59 Å². The minimum atomic E-state index is -1.06. The molecular formula is C62H65N3O7-2. The second-order valence-electron chi connectivity index (χ2n) is 21.1. The molecule has 10 nitrogen and oxygen atoms in total. The number of ether oxygens (including phenoxy) is 1. The molecule has 1 saturated carbocycles. The van der Waals surface area contributed by atoms with E-state index in [2.05, 4.69) is 47.5 Å². The molecular weight excluding hydrogens is 899 g/mol. The first-order valence-electron chi connectivity index (χ1n) is 26.4. The van der Waals surface area contributed by atoms with Gasteiger partial charge in [0, 0.05) is 42.4 Å². The Morgan fingerprint density at radius 1 is 0.792 bits per heavy atom. The van der Waals surface area contributed by atoms with E-state index >= 15 is 4.79 Å². The molecule has 1 aliphatic heterocycles. The number of fused-ring (bicyclic) bond motifs is 14. The van der Waals surface area contributed by atoms with Crippen LogP contribution in [0.5, 0.6) is 17.2 Å². The molecule has 1 fully saturated rings. The summed E-state index contributed by atoms with van der Waals surface area (Å²) >= 11 is 0. The maximum absolute atomic E-state index is 15.9. The minimum Gasteiger partial charge on any atom is -0.664 e. The third-order valence-corrected chi connectivity index (χ3v) is 16.5. The number of hydrogen-bond acceptors (Lipinski definition) is 7. The molecule has 11 rings (SSSR count). The van der Waals surface area contributed by atoms with E-state index in [0.29, 0.717) is 56.3 Å². The maximum Gasteiger partial charge on any atom is 0.161 e. The van der Waals surface area contributed by atoms with Crippen LogP contribution in [0, 0.1) is 17.8 Å². The van der Waals surface area contributed by atoms with Crippen LogP contribution in [-0.4, -0.2) is 61.8 Å². The van der Waals surface area contributed by atoms with Gasteiger partial charge in [-0.05, 0) is 152 Å². The van der Waals surface area contributed by atoms with Crippen LogP contribution >= 0.6 is 0 Å². The largest absolute Gasteiger partial charge is 0.664 e. The molecule has 4 aromatic carbocycles. The highest BCUT2D eigenvalue weighted by Gasteiger charge is 2.43. The predicted octanol–water partition coefficient (Wildman–Crippen LogP) is 11.3. The van der Waals surface area contributed by atoms with Gasteiger partial charge in [0.15, 0.2) is 17.3 Å². The van der Waals surface area contributed by atoms with Gasteiger partial charge in [-0.2, -0.15) is 6.20 Å². The molecule has 0 saturated heterocycles. The predicted molar refractivity (Wildman–Crippen MR) is 280 cm³/mol. The van der Waals surface area contributed by atoms with Crippen LogP contribution < -0.4 is 9.72 Å². The summed E-state index contributed by atoms with van der Waals surface area (Å²) in [6.45, 7) is -0.320. The summed E-state index contributed by atoms with van der Waals surface area (Å²) < 4.78 is 6.55. The molecule has 0 amide bonds. The van der Waals surface area contributed by atoms with Crippen molar-refractivity contribution >= 4 is 29.5 Å². The molecule has 4 aliphatic carbocycles. The number of aliphatic hydroxyl groups is 2. The number of allylic oxidation sites excluding steroid dienone is 1. The Bertz CT molecular complexity index is 2990. The molecule has 2 aromatic heterocycles. The van der Waals surface area contributed by atoms with Crippen molar-refractivity contribution < 1.29 is 34.8 Å². The van der Waals surface area contributed by atoms with Crippen LogP contribution in [0.3, 0.4) is 0 Å². The van der Waals surface area contributed by atoms with E-state index in [4.69, 9.17) is 15.0 Å². The monoisotopic (exact) mass is 963 g/mol. The van der Waals surface area contributed by atoms with E-state index in [-0.39, 0.29) is 66.4 Å². The molecule has 5 N–H and O–H groups in total. The molecule has 0 unspecified atom stereocenters. The quantitative estimate of drug-likeness (QED) is 0.0846. The summed E-state index contributed by atoms with van der Waals surface area (Å²) in [6, 6.07) is 29.8. The number of rotatable bonds is 10. The number of phenols is 2. The van der Waals surface area contributed by atoms with Gasteiger partial charge in [0.1, 0.15) is 11.5 Å². The number of benzene rings is 4. The van der Waals surface area contributed by atoms with Gasteiger partial charge >= 0.3 is 0 Å². The zero-order chi connectivity index (χ0) is 49.3. The number of hydrogen-bond donors (Lipinski definition) is 5. The standard InChI is InChI=1S/C62H65N3O7/c66-28-25-50-57(69)22-16-40-30-43(60(70)58(34-40)72-45-10-4-5-11-45)29-39-14-18-42(35-44(67)31-37-7-2-1-3-8-37)51(33-39)47-20-21-54(65-62-49(47)24-27-64-62)53-36-55-48(23-26-63-55)52(59(53)61(50)71)32-38-13-17-41-9-6-12-56(68)46(41)19-15-38/h1-3,6-9,12,14-15,18-19,23-24,26-27,30,33-34,36,38,44-45,47,50,52,54,59,64,66-68,70H,4-5,10-11,13,16-17,20-22,25,28-29,31-32,35H2/q-2/t38-,44+,47+,50-,52+,54+,59+/m0/s1. The number of carbonyl (C=O) groups is 2. The second kappa shape index (κ2) is 20.8. The van der Waals surface area contributed by atoms with Gasteiger partial charge < -0.3 is 40.4 Å². The van der Waals surface area contributed by atoms with Crippen LogP contribution in [-0.2, 0) is 41.7 Å². The number of ketones is 2. The maximum atomic E-state index is 15.9. The van der Waals surface area contributed by atoms with Gasteiger partial charge in [-0.25, -0.2) is 0 Å². The van der Waals surface area contributed by atoms with Gasteiger partial charge in [0.2, 0.25) is 0 Å². The zero-order valence-electron chi connectivity index (χ0n) is 40.9. The van der Waals surface area contributed by atoms with Crippen molar-refractivity contribution in [3.05, 3.63) is 182 Å². The normalized spacial score (nSPS) is 23.6. The number of nitrogens with one attached hydrogen (secondary N) is 1. The van der Waals surface area contributed by atoms with Crippen molar-refractivity contribution in [3.63, 3.8) is 0 Å². The van der Waals surface area contributed by atoms with Crippen molar-refractivity contribution in [3.8, 4) is 17.2 Å². The number of aliphatic hydroxyl groups excluding tert-OH is 2. The molecule has 6 bridgehead atoms. The van der Waals surface area contributed by atoms with E-state index in [1.54, 1.807) is 6.07 Å². The fourth-order valence-corrected chi connectivity index (χ4v) is 12.8. The highest BCUT2D eigenvalue weighted by atomic mass is 16.5. The summed E-state index contributed by atoms with van der Waals surface area (Å²) in [6.07, 6.45) is 18.6. The summed E-state index contributed by atoms with van der Waals surface area (Å²) in [5, 5.41) is 50.8. The third kappa shape index (κ3) is 9.83. The molecule has 0 spiro atoms. The van der Waals surface area contributed by atoms with Crippen LogP contribution in [0.25, 0.3) is 17.5 Å². The van der Waals surface area contributed by atoms with Crippen LogP contribution in [0.4, 0.5) is 5.82 Å². The molecule has 5 aliphatic rings. The second-order valence-corrected chi connectivity index (χ2v) is 21.1. The van der Waals surface area contributed by atoms with E-state index in [9.17, 15) is 25.2 Å². The number of aryl methyl sites for hydroxylation is 2. The minimum absolute atomic E-state index is 0.00722. The number of Topliss-reactive ketones (excluding diaryl/α,β-unsaturated/α-hetero) is 2. The Morgan fingerprint density at radius 2 is 1.65 bits per heavy atom. The smallest absolute Gasteiger partial charge is 0.161 e.